The van der Waals surface area contributed by atoms with Gasteiger partial charge in [-0.25, -0.2) is 0 Å². The van der Waals surface area contributed by atoms with Crippen molar-refractivity contribution in [1.29, 1.82) is 0 Å². The van der Waals surface area contributed by atoms with Gasteiger partial charge in [0.1, 0.15) is 0 Å². The van der Waals surface area contributed by atoms with Gasteiger partial charge in [-0.05, 0) is 24.3 Å². The number of alkyl halides is 2. The van der Waals surface area contributed by atoms with E-state index in [0.717, 1.165) is 5.69 Å². The molecule has 0 aliphatic carbocycles. The number of aryl methyl sites for hydroxylation is 1. The number of aromatic nitrogens is 2. The second-order valence-electron chi connectivity index (χ2n) is 4.85. The summed E-state index contributed by atoms with van der Waals surface area (Å²) in [5, 5.41) is 4.04. The first kappa shape index (κ1) is 16.7. The first-order valence-electron chi connectivity index (χ1n) is 6.77. The van der Waals surface area contributed by atoms with Crippen molar-refractivity contribution < 1.29 is 23.0 Å². The number of ether oxygens (including phenoxy) is 2. The smallest absolute Gasteiger partial charge is 0.387 e. The minimum absolute atomic E-state index is 0.0742. The molecule has 0 saturated heterocycles. The Morgan fingerprint density at radius 1 is 1.35 bits per heavy atom. The summed E-state index contributed by atoms with van der Waals surface area (Å²) in [4.78, 5) is 13.9. The maximum atomic E-state index is 12.4. The van der Waals surface area contributed by atoms with Gasteiger partial charge in [-0.15, -0.1) is 0 Å². The lowest BCUT2D eigenvalue weighted by Gasteiger charge is -2.18. The van der Waals surface area contributed by atoms with Gasteiger partial charge in [0.25, 0.3) is 5.91 Å². The first-order valence-corrected chi connectivity index (χ1v) is 6.77. The molecule has 0 bridgehead atoms. The van der Waals surface area contributed by atoms with E-state index in [2.05, 4.69) is 9.84 Å². The van der Waals surface area contributed by atoms with E-state index in [9.17, 15) is 13.6 Å². The fraction of sp³-hybridized carbons (Fsp3) is 0.333. The molecule has 0 spiro atoms. The molecule has 1 amide bonds. The molecular formula is C15H17F2N3O3. The molecular weight excluding hydrogens is 308 g/mol. The second-order valence-corrected chi connectivity index (χ2v) is 4.85. The SMILES string of the molecule is COc1cc(C(=O)N(C)Cc2ccnn2C)ccc1OC(F)F. The molecule has 1 aromatic heterocycles. The zero-order valence-electron chi connectivity index (χ0n) is 13.0. The number of carbonyl (C=O) groups excluding carboxylic acids is 1. The van der Waals surface area contributed by atoms with Gasteiger partial charge in [-0.3, -0.25) is 9.48 Å². The largest absolute Gasteiger partial charge is 0.493 e. The molecule has 0 saturated carbocycles. The highest BCUT2D eigenvalue weighted by atomic mass is 19.3. The Hall–Kier alpha value is -2.64. The highest BCUT2D eigenvalue weighted by molar-refractivity contribution is 5.94. The minimum atomic E-state index is -2.96. The summed E-state index contributed by atoms with van der Waals surface area (Å²) in [5.41, 5.74) is 1.18. The zero-order valence-corrected chi connectivity index (χ0v) is 13.0. The van der Waals surface area contributed by atoms with Gasteiger partial charge >= 0.3 is 6.61 Å². The monoisotopic (exact) mass is 325 g/mol. The van der Waals surface area contributed by atoms with E-state index in [1.807, 2.05) is 6.07 Å². The van der Waals surface area contributed by atoms with Crippen molar-refractivity contribution in [3.8, 4) is 11.5 Å². The van der Waals surface area contributed by atoms with Crippen LogP contribution in [-0.2, 0) is 13.6 Å². The third-order valence-corrected chi connectivity index (χ3v) is 3.29. The van der Waals surface area contributed by atoms with Gasteiger partial charge in [0, 0.05) is 25.9 Å². The predicted octanol–water partition coefficient (Wildman–Crippen LogP) is 2.30. The minimum Gasteiger partial charge on any atom is -0.493 e. The van der Waals surface area contributed by atoms with Crippen LogP contribution in [0.15, 0.2) is 30.5 Å². The molecule has 124 valence electrons. The quantitative estimate of drug-likeness (QED) is 0.818. The molecule has 0 fully saturated rings. The summed E-state index contributed by atoms with van der Waals surface area (Å²) < 4.78 is 35.6. The van der Waals surface area contributed by atoms with Gasteiger partial charge in [-0.2, -0.15) is 13.9 Å². The van der Waals surface area contributed by atoms with E-state index in [1.54, 1.807) is 25.0 Å². The number of hydrogen-bond acceptors (Lipinski definition) is 4. The van der Waals surface area contributed by atoms with Crippen LogP contribution in [0.4, 0.5) is 8.78 Å². The lowest BCUT2D eigenvalue weighted by atomic mass is 10.1. The second kappa shape index (κ2) is 7.08. The Labute approximate surface area is 132 Å². The molecule has 0 N–H and O–H groups in total. The molecule has 0 aliphatic rings. The number of amides is 1. The van der Waals surface area contributed by atoms with Crippen molar-refractivity contribution in [2.75, 3.05) is 14.2 Å². The van der Waals surface area contributed by atoms with E-state index in [-0.39, 0.29) is 17.4 Å². The lowest BCUT2D eigenvalue weighted by molar-refractivity contribution is -0.0512. The van der Waals surface area contributed by atoms with Gasteiger partial charge in [0.05, 0.1) is 19.3 Å². The average Bonchev–Trinajstić information content (AvgIpc) is 2.91. The molecule has 23 heavy (non-hydrogen) atoms. The van der Waals surface area contributed by atoms with Crippen LogP contribution in [-0.4, -0.2) is 41.4 Å². The Kier molecular flexibility index (Phi) is 5.15. The summed E-state index contributed by atoms with van der Waals surface area (Å²) in [6.07, 6.45) is 1.65. The van der Waals surface area contributed by atoms with Crippen molar-refractivity contribution in [2.24, 2.45) is 7.05 Å². The normalized spacial score (nSPS) is 10.7. The number of benzene rings is 1. The van der Waals surface area contributed by atoms with Crippen molar-refractivity contribution in [1.82, 2.24) is 14.7 Å². The molecule has 1 aromatic carbocycles. The van der Waals surface area contributed by atoms with E-state index in [4.69, 9.17) is 4.74 Å². The maximum Gasteiger partial charge on any atom is 0.387 e. The molecule has 1 heterocycles. The number of nitrogens with zero attached hydrogens (tertiary/aromatic N) is 3. The summed E-state index contributed by atoms with van der Waals surface area (Å²) in [7, 11) is 4.75. The number of carbonyl (C=O) groups is 1. The number of methoxy groups -OCH3 is 1. The van der Waals surface area contributed by atoms with E-state index in [0.29, 0.717) is 12.1 Å². The summed E-state index contributed by atoms with van der Waals surface area (Å²) >= 11 is 0. The van der Waals surface area contributed by atoms with Crippen molar-refractivity contribution in [3.05, 3.63) is 41.7 Å². The van der Waals surface area contributed by atoms with E-state index < -0.39 is 6.61 Å². The molecule has 8 heteroatoms. The van der Waals surface area contributed by atoms with E-state index >= 15 is 0 Å². The summed E-state index contributed by atoms with van der Waals surface area (Å²) in [6, 6.07) is 5.89. The average molecular weight is 325 g/mol. The Balaban J connectivity index is 2.17. The third-order valence-electron chi connectivity index (χ3n) is 3.29. The zero-order chi connectivity index (χ0) is 17.0. The molecule has 2 rings (SSSR count). The topological polar surface area (TPSA) is 56.6 Å². The van der Waals surface area contributed by atoms with Gasteiger partial charge in [0.15, 0.2) is 11.5 Å². The first-order chi connectivity index (χ1) is 10.9. The van der Waals surface area contributed by atoms with Crippen LogP contribution in [0.5, 0.6) is 11.5 Å². The van der Waals surface area contributed by atoms with Crippen molar-refractivity contribution in [2.45, 2.75) is 13.2 Å². The fourth-order valence-corrected chi connectivity index (χ4v) is 2.09. The standard InChI is InChI=1S/C15H17F2N3O3/c1-19(9-11-6-7-18-20(11)2)14(21)10-4-5-12(23-15(16)17)13(8-10)22-3/h4-8,15H,9H2,1-3H3. The molecule has 0 aliphatic heterocycles. The van der Waals surface area contributed by atoms with Crippen molar-refractivity contribution in [3.63, 3.8) is 0 Å². The summed E-state index contributed by atoms with van der Waals surface area (Å²) in [5.74, 6) is -0.313. The Morgan fingerprint density at radius 3 is 2.65 bits per heavy atom. The van der Waals surface area contributed by atoms with Gasteiger partial charge in [0.2, 0.25) is 0 Å². The number of rotatable bonds is 6. The van der Waals surface area contributed by atoms with Crippen LogP contribution in [0.3, 0.4) is 0 Å². The number of halogens is 2. The van der Waals surface area contributed by atoms with Crippen LogP contribution in [0.25, 0.3) is 0 Å². The summed E-state index contributed by atoms with van der Waals surface area (Å²) in [6.45, 7) is -2.59. The fourth-order valence-electron chi connectivity index (χ4n) is 2.09. The van der Waals surface area contributed by atoms with Crippen molar-refractivity contribution >= 4 is 5.91 Å². The molecule has 6 nitrogen and oxygen atoms in total. The van der Waals surface area contributed by atoms with Gasteiger partial charge in [-0.1, -0.05) is 0 Å². The maximum absolute atomic E-state index is 12.4. The molecule has 2 aromatic rings. The van der Waals surface area contributed by atoms with Crippen LogP contribution in [0.2, 0.25) is 0 Å². The Bertz CT molecular complexity index is 688. The third kappa shape index (κ3) is 3.97. The highest BCUT2D eigenvalue weighted by Crippen LogP contribution is 2.29. The highest BCUT2D eigenvalue weighted by Gasteiger charge is 2.17. The number of hydrogen-bond donors (Lipinski definition) is 0. The molecule has 0 unspecified atom stereocenters. The van der Waals surface area contributed by atoms with Crippen LogP contribution in [0, 0.1) is 0 Å². The molecule has 0 atom stereocenters. The lowest BCUT2D eigenvalue weighted by Crippen LogP contribution is -2.27. The molecule has 0 radical (unpaired) electrons. The van der Waals surface area contributed by atoms with Crippen LogP contribution < -0.4 is 9.47 Å². The Morgan fingerprint density at radius 2 is 2.09 bits per heavy atom. The predicted molar refractivity (Wildman–Crippen MR) is 78.6 cm³/mol. The van der Waals surface area contributed by atoms with Gasteiger partial charge < -0.3 is 14.4 Å². The van der Waals surface area contributed by atoms with E-state index in [1.165, 1.54) is 30.2 Å². The van der Waals surface area contributed by atoms with Crippen LogP contribution >= 0.6 is 0 Å². The van der Waals surface area contributed by atoms with Crippen LogP contribution in [0.1, 0.15) is 16.1 Å².